The minimum atomic E-state index is -3.64. The van der Waals surface area contributed by atoms with Crippen molar-refractivity contribution in [2.24, 2.45) is 0 Å². The zero-order valence-electron chi connectivity index (χ0n) is 13.9. The predicted molar refractivity (Wildman–Crippen MR) is 94.0 cm³/mol. The Morgan fingerprint density at radius 2 is 2.04 bits per heavy atom. The SMILES string of the molecule is CN(C)S(=O)(=O)c1cccc(C(=O)OCc2nnc(-c3cccs3)o2)c1. The Kier molecular flexibility index (Phi) is 5.16. The van der Waals surface area contributed by atoms with Crippen molar-refractivity contribution in [3.8, 4) is 10.8 Å². The number of carbonyl (C=O) groups is 1. The highest BCUT2D eigenvalue weighted by Gasteiger charge is 2.19. The maximum atomic E-state index is 12.2. The number of esters is 1. The summed E-state index contributed by atoms with van der Waals surface area (Å²) in [5, 5.41) is 9.60. The fourth-order valence-electron chi connectivity index (χ4n) is 2.02. The van der Waals surface area contributed by atoms with Crippen LogP contribution in [0.1, 0.15) is 16.2 Å². The van der Waals surface area contributed by atoms with Crippen LogP contribution in [0.2, 0.25) is 0 Å². The van der Waals surface area contributed by atoms with Crippen LogP contribution in [0.15, 0.2) is 51.1 Å². The number of hydrogen-bond acceptors (Lipinski definition) is 8. The van der Waals surface area contributed by atoms with Gasteiger partial charge in [0.1, 0.15) is 0 Å². The monoisotopic (exact) mass is 393 g/mol. The van der Waals surface area contributed by atoms with Gasteiger partial charge < -0.3 is 9.15 Å². The first-order valence-electron chi connectivity index (χ1n) is 7.44. The van der Waals surface area contributed by atoms with Gasteiger partial charge in [-0.15, -0.1) is 21.5 Å². The second-order valence-electron chi connectivity index (χ2n) is 5.37. The van der Waals surface area contributed by atoms with Crippen molar-refractivity contribution in [1.82, 2.24) is 14.5 Å². The molecule has 0 aliphatic rings. The standard InChI is InChI=1S/C16H15N3O5S2/c1-19(2)26(21,22)12-6-3-5-11(9-12)16(20)23-10-14-17-18-15(24-14)13-7-4-8-25-13/h3-9H,10H2,1-2H3. The van der Waals surface area contributed by atoms with Gasteiger partial charge in [0.2, 0.25) is 10.0 Å². The molecule has 0 amide bonds. The van der Waals surface area contributed by atoms with Gasteiger partial charge in [-0.25, -0.2) is 17.5 Å². The van der Waals surface area contributed by atoms with Gasteiger partial charge in [-0.05, 0) is 29.6 Å². The summed E-state index contributed by atoms with van der Waals surface area (Å²) in [6.45, 7) is -0.206. The summed E-state index contributed by atoms with van der Waals surface area (Å²) in [5.74, 6) is -0.180. The molecule has 0 radical (unpaired) electrons. The van der Waals surface area contributed by atoms with Crippen LogP contribution in [0.4, 0.5) is 0 Å². The summed E-state index contributed by atoms with van der Waals surface area (Å²) < 4.78 is 35.9. The van der Waals surface area contributed by atoms with Gasteiger partial charge in [-0.1, -0.05) is 12.1 Å². The topological polar surface area (TPSA) is 103 Å². The number of aromatic nitrogens is 2. The number of carbonyl (C=O) groups excluding carboxylic acids is 1. The number of thiophene rings is 1. The maximum Gasteiger partial charge on any atom is 0.338 e. The van der Waals surface area contributed by atoms with Crippen molar-refractivity contribution in [2.75, 3.05) is 14.1 Å². The lowest BCUT2D eigenvalue weighted by Crippen LogP contribution is -2.22. The van der Waals surface area contributed by atoms with E-state index in [0.717, 1.165) is 9.18 Å². The second kappa shape index (κ2) is 7.36. The molecule has 0 N–H and O–H groups in total. The summed E-state index contributed by atoms with van der Waals surface area (Å²) in [6.07, 6.45) is 0. The fraction of sp³-hybridized carbons (Fsp3) is 0.188. The average Bonchev–Trinajstić information content (AvgIpc) is 3.31. The molecule has 10 heteroatoms. The Hall–Kier alpha value is -2.56. The highest BCUT2D eigenvalue weighted by molar-refractivity contribution is 7.89. The highest BCUT2D eigenvalue weighted by Crippen LogP contribution is 2.23. The predicted octanol–water partition coefficient (Wildman–Crippen LogP) is 2.41. The van der Waals surface area contributed by atoms with Gasteiger partial charge in [0.15, 0.2) is 6.61 Å². The van der Waals surface area contributed by atoms with Crippen LogP contribution in [-0.4, -0.2) is 43.0 Å². The molecule has 26 heavy (non-hydrogen) atoms. The molecule has 1 aromatic carbocycles. The largest absolute Gasteiger partial charge is 0.452 e. The molecule has 0 unspecified atom stereocenters. The van der Waals surface area contributed by atoms with Crippen LogP contribution in [0, 0.1) is 0 Å². The second-order valence-corrected chi connectivity index (χ2v) is 8.47. The molecule has 0 aliphatic carbocycles. The molecule has 136 valence electrons. The van der Waals surface area contributed by atoms with E-state index in [-0.39, 0.29) is 23.0 Å². The molecule has 2 aromatic heterocycles. The molecule has 0 atom stereocenters. The van der Waals surface area contributed by atoms with Crippen molar-refractivity contribution in [3.63, 3.8) is 0 Å². The number of benzene rings is 1. The molecule has 0 fully saturated rings. The van der Waals surface area contributed by atoms with Gasteiger partial charge >= 0.3 is 5.97 Å². The number of ether oxygens (including phenoxy) is 1. The number of nitrogens with zero attached hydrogens (tertiary/aromatic N) is 3. The van der Waals surface area contributed by atoms with Gasteiger partial charge in [-0.3, -0.25) is 0 Å². The average molecular weight is 393 g/mol. The lowest BCUT2D eigenvalue weighted by molar-refractivity contribution is 0.0438. The molecule has 0 aliphatic heterocycles. The Labute approximate surface area is 154 Å². The molecule has 0 saturated heterocycles. The third-order valence-corrected chi connectivity index (χ3v) is 6.04. The van der Waals surface area contributed by atoms with Crippen molar-refractivity contribution in [1.29, 1.82) is 0 Å². The van der Waals surface area contributed by atoms with E-state index < -0.39 is 16.0 Å². The van der Waals surface area contributed by atoms with Crippen LogP contribution < -0.4 is 0 Å². The Morgan fingerprint density at radius 3 is 2.73 bits per heavy atom. The van der Waals surface area contributed by atoms with Gasteiger partial charge in [0, 0.05) is 14.1 Å². The van der Waals surface area contributed by atoms with E-state index in [4.69, 9.17) is 9.15 Å². The van der Waals surface area contributed by atoms with Crippen LogP contribution in [0.5, 0.6) is 0 Å². The summed E-state index contributed by atoms with van der Waals surface area (Å²) in [6, 6.07) is 9.33. The normalized spacial score (nSPS) is 11.7. The first-order valence-corrected chi connectivity index (χ1v) is 9.76. The number of hydrogen-bond donors (Lipinski definition) is 0. The number of sulfonamides is 1. The van der Waals surface area contributed by atoms with Crippen molar-refractivity contribution >= 4 is 27.3 Å². The van der Waals surface area contributed by atoms with E-state index in [1.54, 1.807) is 0 Å². The first-order chi connectivity index (χ1) is 12.4. The maximum absolute atomic E-state index is 12.2. The summed E-state index contributed by atoms with van der Waals surface area (Å²) in [7, 11) is -0.800. The lowest BCUT2D eigenvalue weighted by atomic mass is 10.2. The van der Waals surface area contributed by atoms with Gasteiger partial charge in [-0.2, -0.15) is 0 Å². The first kappa shape index (κ1) is 18.2. The highest BCUT2D eigenvalue weighted by atomic mass is 32.2. The molecule has 0 bridgehead atoms. The summed E-state index contributed by atoms with van der Waals surface area (Å²) >= 11 is 1.45. The van der Waals surface area contributed by atoms with Crippen molar-refractivity contribution in [3.05, 3.63) is 53.2 Å². The molecule has 8 nitrogen and oxygen atoms in total. The molecule has 2 heterocycles. The van der Waals surface area contributed by atoms with E-state index in [1.807, 2.05) is 17.5 Å². The number of rotatable bonds is 6. The Balaban J connectivity index is 1.69. The molecule has 3 rings (SSSR count). The van der Waals surface area contributed by atoms with E-state index in [9.17, 15) is 13.2 Å². The summed E-state index contributed by atoms with van der Waals surface area (Å²) in [4.78, 5) is 13.0. The van der Waals surface area contributed by atoms with E-state index in [0.29, 0.717) is 5.89 Å². The molecule has 0 spiro atoms. The van der Waals surface area contributed by atoms with Crippen LogP contribution in [0.25, 0.3) is 10.8 Å². The van der Waals surface area contributed by atoms with Crippen LogP contribution in [-0.2, 0) is 21.4 Å². The van der Waals surface area contributed by atoms with Crippen molar-refractivity contribution in [2.45, 2.75) is 11.5 Å². The molecule has 3 aromatic rings. The lowest BCUT2D eigenvalue weighted by Gasteiger charge is -2.11. The molecular formula is C16H15N3O5S2. The van der Waals surface area contributed by atoms with E-state index >= 15 is 0 Å². The third kappa shape index (κ3) is 3.82. The third-order valence-electron chi connectivity index (χ3n) is 3.37. The Bertz CT molecular complexity index is 1010. The minimum Gasteiger partial charge on any atom is -0.452 e. The van der Waals surface area contributed by atoms with Gasteiger partial charge in [0.25, 0.3) is 11.8 Å². The fourth-order valence-corrected chi connectivity index (χ4v) is 3.61. The van der Waals surface area contributed by atoms with Crippen LogP contribution >= 0.6 is 11.3 Å². The van der Waals surface area contributed by atoms with Crippen LogP contribution in [0.3, 0.4) is 0 Å². The van der Waals surface area contributed by atoms with Crippen molar-refractivity contribution < 1.29 is 22.4 Å². The van der Waals surface area contributed by atoms with Gasteiger partial charge in [0.05, 0.1) is 15.3 Å². The zero-order valence-corrected chi connectivity index (χ0v) is 15.6. The van der Waals surface area contributed by atoms with E-state index in [2.05, 4.69) is 10.2 Å². The minimum absolute atomic E-state index is 0.00900. The quantitative estimate of drug-likeness (QED) is 0.593. The zero-order chi connectivity index (χ0) is 18.7. The molecular weight excluding hydrogens is 378 g/mol. The van der Waals surface area contributed by atoms with E-state index in [1.165, 1.54) is 49.7 Å². The molecule has 0 saturated carbocycles. The smallest absolute Gasteiger partial charge is 0.338 e. The Morgan fingerprint density at radius 1 is 1.23 bits per heavy atom. The summed E-state index contributed by atoms with van der Waals surface area (Å²) in [5.41, 5.74) is 0.117.